The SMILES string of the molecule is COC(=O)c1c(COC(=O)c2ccc(-n3cnnn3)cc2)nc2ccccc2c1-c1ccccc1. The van der Waals surface area contributed by atoms with Crippen molar-refractivity contribution in [2.75, 3.05) is 7.11 Å². The Morgan fingerprint density at radius 2 is 1.63 bits per heavy atom. The van der Waals surface area contributed by atoms with Crippen molar-refractivity contribution in [1.29, 1.82) is 0 Å². The van der Waals surface area contributed by atoms with Gasteiger partial charge in [0.15, 0.2) is 0 Å². The molecule has 2 heterocycles. The van der Waals surface area contributed by atoms with Gasteiger partial charge in [0, 0.05) is 10.9 Å². The highest BCUT2D eigenvalue weighted by molar-refractivity contribution is 6.07. The molecule has 5 aromatic rings. The van der Waals surface area contributed by atoms with E-state index >= 15 is 0 Å². The third-order valence-corrected chi connectivity index (χ3v) is 5.48. The molecule has 172 valence electrons. The maximum atomic E-state index is 12.9. The van der Waals surface area contributed by atoms with Crippen LogP contribution in [0.15, 0.2) is 85.2 Å². The molecule has 9 nitrogen and oxygen atoms in total. The number of methoxy groups -OCH3 is 1. The first-order valence-electron chi connectivity index (χ1n) is 10.7. The zero-order valence-corrected chi connectivity index (χ0v) is 18.7. The van der Waals surface area contributed by atoms with Gasteiger partial charge in [0.25, 0.3) is 0 Å². The van der Waals surface area contributed by atoms with Gasteiger partial charge >= 0.3 is 11.9 Å². The van der Waals surface area contributed by atoms with Gasteiger partial charge in [0.2, 0.25) is 0 Å². The highest BCUT2D eigenvalue weighted by Crippen LogP contribution is 2.34. The molecule has 5 rings (SSSR count). The first-order valence-corrected chi connectivity index (χ1v) is 10.7. The maximum Gasteiger partial charge on any atom is 0.340 e. The van der Waals surface area contributed by atoms with Gasteiger partial charge in [0.1, 0.15) is 12.9 Å². The molecule has 9 heteroatoms. The quantitative estimate of drug-likeness (QED) is 0.346. The van der Waals surface area contributed by atoms with Crippen LogP contribution in [0, 0.1) is 0 Å². The Morgan fingerprint density at radius 1 is 0.886 bits per heavy atom. The van der Waals surface area contributed by atoms with Crippen molar-refractivity contribution in [2.24, 2.45) is 0 Å². The number of esters is 2. The van der Waals surface area contributed by atoms with Crippen LogP contribution in [0.3, 0.4) is 0 Å². The van der Waals surface area contributed by atoms with E-state index in [4.69, 9.17) is 9.47 Å². The van der Waals surface area contributed by atoms with Gasteiger partial charge in [-0.15, -0.1) is 5.10 Å². The number of tetrazole rings is 1. The lowest BCUT2D eigenvalue weighted by Gasteiger charge is -2.16. The monoisotopic (exact) mass is 465 g/mol. The Kier molecular flexibility index (Phi) is 5.96. The number of fused-ring (bicyclic) bond motifs is 1. The molecule has 3 aromatic carbocycles. The van der Waals surface area contributed by atoms with E-state index < -0.39 is 11.9 Å². The zero-order chi connectivity index (χ0) is 24.2. The fourth-order valence-electron chi connectivity index (χ4n) is 3.84. The van der Waals surface area contributed by atoms with E-state index in [1.54, 1.807) is 24.3 Å². The number of nitrogens with zero attached hydrogens (tertiary/aromatic N) is 5. The summed E-state index contributed by atoms with van der Waals surface area (Å²) in [5.41, 5.74) is 3.80. The number of rotatable bonds is 6. The van der Waals surface area contributed by atoms with Crippen molar-refractivity contribution in [3.63, 3.8) is 0 Å². The second kappa shape index (κ2) is 9.52. The lowest BCUT2D eigenvalue weighted by Crippen LogP contribution is -2.14. The number of pyridine rings is 1. The molecule has 0 saturated carbocycles. The van der Waals surface area contributed by atoms with Gasteiger partial charge in [-0.2, -0.15) is 0 Å². The Hall–Kier alpha value is -4.92. The molecule has 35 heavy (non-hydrogen) atoms. The first kappa shape index (κ1) is 21.9. The molecule has 0 aliphatic rings. The number of para-hydroxylation sites is 1. The standard InChI is InChI=1S/C26H19N5O4/c1-34-26(33)24-22(15-35-25(32)18-11-13-19(14-12-18)31-16-27-29-30-31)28-21-10-6-5-9-20(21)23(24)17-7-3-2-4-8-17/h2-14,16H,15H2,1H3. The number of ether oxygens (including phenoxy) is 2. The summed E-state index contributed by atoms with van der Waals surface area (Å²) in [6.07, 6.45) is 1.46. The zero-order valence-electron chi connectivity index (χ0n) is 18.7. The topological polar surface area (TPSA) is 109 Å². The van der Waals surface area contributed by atoms with Crippen molar-refractivity contribution in [1.82, 2.24) is 25.2 Å². The molecule has 0 saturated heterocycles. The molecule has 0 bridgehead atoms. The molecule has 2 aromatic heterocycles. The Morgan fingerprint density at radius 3 is 2.34 bits per heavy atom. The van der Waals surface area contributed by atoms with E-state index in [2.05, 4.69) is 20.5 Å². The predicted molar refractivity (Wildman–Crippen MR) is 127 cm³/mol. The molecular weight excluding hydrogens is 446 g/mol. The summed E-state index contributed by atoms with van der Waals surface area (Å²) in [5.74, 6) is -1.11. The van der Waals surface area contributed by atoms with Gasteiger partial charge in [-0.3, -0.25) is 0 Å². The van der Waals surface area contributed by atoms with Crippen LogP contribution >= 0.6 is 0 Å². The predicted octanol–water partition coefficient (Wildman–Crippen LogP) is 4.02. The van der Waals surface area contributed by atoms with Crippen molar-refractivity contribution < 1.29 is 19.1 Å². The molecular formula is C26H19N5O4. The first-order chi connectivity index (χ1) is 17.2. The molecule has 0 N–H and O–H groups in total. The molecule has 0 radical (unpaired) electrons. The van der Waals surface area contributed by atoms with Crippen LogP contribution in [0.1, 0.15) is 26.4 Å². The summed E-state index contributed by atoms with van der Waals surface area (Å²) in [5, 5.41) is 11.8. The van der Waals surface area contributed by atoms with E-state index in [0.29, 0.717) is 28.0 Å². The Labute approximate surface area is 199 Å². The smallest absolute Gasteiger partial charge is 0.340 e. The number of carbonyl (C=O) groups excluding carboxylic acids is 2. The van der Waals surface area contributed by atoms with E-state index in [9.17, 15) is 9.59 Å². The molecule has 0 spiro atoms. The molecule has 0 unspecified atom stereocenters. The van der Waals surface area contributed by atoms with Crippen LogP contribution in [0.25, 0.3) is 27.7 Å². The molecule has 0 atom stereocenters. The summed E-state index contributed by atoms with van der Waals surface area (Å²) in [4.78, 5) is 30.3. The Balaban J connectivity index is 1.50. The minimum absolute atomic E-state index is 0.206. The summed E-state index contributed by atoms with van der Waals surface area (Å²) in [7, 11) is 1.31. The summed E-state index contributed by atoms with van der Waals surface area (Å²) in [6.45, 7) is -0.206. The van der Waals surface area contributed by atoms with Crippen molar-refractivity contribution in [3.05, 3.63) is 102 Å². The maximum absolute atomic E-state index is 12.9. The van der Waals surface area contributed by atoms with Crippen LogP contribution in [0.5, 0.6) is 0 Å². The largest absolute Gasteiger partial charge is 0.465 e. The van der Waals surface area contributed by atoms with Gasteiger partial charge in [-0.1, -0.05) is 48.5 Å². The third kappa shape index (κ3) is 4.34. The van der Waals surface area contributed by atoms with Crippen molar-refractivity contribution >= 4 is 22.8 Å². The number of hydrogen-bond acceptors (Lipinski definition) is 8. The summed E-state index contributed by atoms with van der Waals surface area (Å²) < 4.78 is 12.1. The third-order valence-electron chi connectivity index (χ3n) is 5.48. The number of carbonyl (C=O) groups is 2. The molecule has 0 aliphatic heterocycles. The van der Waals surface area contributed by atoms with Crippen molar-refractivity contribution in [3.8, 4) is 16.8 Å². The number of hydrogen-bond donors (Lipinski definition) is 0. The molecule has 0 amide bonds. The lowest BCUT2D eigenvalue weighted by atomic mass is 9.94. The second-order valence-corrected chi connectivity index (χ2v) is 7.56. The molecule has 0 fully saturated rings. The van der Waals surface area contributed by atoms with Gasteiger partial charge in [-0.05, 0) is 46.3 Å². The number of benzene rings is 3. The van der Waals surface area contributed by atoms with Crippen LogP contribution in [0.4, 0.5) is 0 Å². The summed E-state index contributed by atoms with van der Waals surface area (Å²) >= 11 is 0. The van der Waals surface area contributed by atoms with E-state index in [1.165, 1.54) is 18.1 Å². The van der Waals surface area contributed by atoms with Gasteiger partial charge in [0.05, 0.1) is 35.1 Å². The highest BCUT2D eigenvalue weighted by atomic mass is 16.5. The van der Waals surface area contributed by atoms with Gasteiger partial charge < -0.3 is 9.47 Å². The average molecular weight is 465 g/mol. The normalized spacial score (nSPS) is 10.8. The minimum Gasteiger partial charge on any atom is -0.465 e. The minimum atomic E-state index is -0.557. The lowest BCUT2D eigenvalue weighted by molar-refractivity contribution is 0.0456. The van der Waals surface area contributed by atoms with Crippen LogP contribution in [-0.4, -0.2) is 44.2 Å². The van der Waals surface area contributed by atoms with Crippen molar-refractivity contribution in [2.45, 2.75) is 6.61 Å². The molecule has 0 aliphatic carbocycles. The Bertz CT molecular complexity index is 1500. The second-order valence-electron chi connectivity index (χ2n) is 7.56. The van der Waals surface area contributed by atoms with E-state index in [0.717, 1.165) is 10.9 Å². The summed E-state index contributed by atoms with van der Waals surface area (Å²) in [6, 6.07) is 23.7. The van der Waals surface area contributed by atoms with Crippen LogP contribution < -0.4 is 0 Å². The number of aromatic nitrogens is 5. The van der Waals surface area contributed by atoms with Crippen LogP contribution in [-0.2, 0) is 16.1 Å². The fourth-order valence-corrected chi connectivity index (χ4v) is 3.84. The van der Waals surface area contributed by atoms with Gasteiger partial charge in [-0.25, -0.2) is 19.3 Å². The highest BCUT2D eigenvalue weighted by Gasteiger charge is 2.24. The average Bonchev–Trinajstić information content (AvgIpc) is 3.46. The van der Waals surface area contributed by atoms with E-state index in [-0.39, 0.29) is 12.2 Å². The van der Waals surface area contributed by atoms with E-state index in [1.807, 2.05) is 54.6 Å². The fraction of sp³-hybridized carbons (Fsp3) is 0.0769. The van der Waals surface area contributed by atoms with Crippen LogP contribution in [0.2, 0.25) is 0 Å².